The Morgan fingerprint density at radius 3 is 2.65 bits per heavy atom. The molecule has 1 aromatic carbocycles. The van der Waals surface area contributed by atoms with Crippen LogP contribution in [0.25, 0.3) is 0 Å². The molecular weight excluding hydrogens is 242 g/mol. The summed E-state index contributed by atoms with van der Waals surface area (Å²) in [5.74, 6) is 0.629. The molecule has 17 heavy (non-hydrogen) atoms. The Morgan fingerprint density at radius 2 is 2.06 bits per heavy atom. The van der Waals surface area contributed by atoms with Crippen molar-refractivity contribution in [3.05, 3.63) is 18.2 Å². The highest BCUT2D eigenvalue weighted by Gasteiger charge is 2.06. The molecule has 0 fully saturated rings. The highest BCUT2D eigenvalue weighted by molar-refractivity contribution is 7.89. The zero-order valence-electron chi connectivity index (χ0n) is 9.86. The van der Waals surface area contributed by atoms with Gasteiger partial charge in [0.2, 0.25) is 10.0 Å². The van der Waals surface area contributed by atoms with E-state index in [-0.39, 0.29) is 5.75 Å². The molecule has 0 aliphatic rings. The van der Waals surface area contributed by atoms with Crippen LogP contribution in [0.4, 0.5) is 11.4 Å². The molecular formula is C10H17N3O3S. The van der Waals surface area contributed by atoms with Crippen molar-refractivity contribution in [2.24, 2.45) is 0 Å². The molecule has 0 aliphatic heterocycles. The molecule has 0 radical (unpaired) electrons. The summed E-state index contributed by atoms with van der Waals surface area (Å²) in [5.41, 5.74) is 6.96. The monoisotopic (exact) mass is 259 g/mol. The van der Waals surface area contributed by atoms with E-state index in [9.17, 15) is 8.42 Å². The summed E-state index contributed by atoms with van der Waals surface area (Å²) in [7, 11) is -0.257. The number of benzene rings is 1. The van der Waals surface area contributed by atoms with Crippen molar-refractivity contribution in [1.29, 1.82) is 0 Å². The summed E-state index contributed by atoms with van der Waals surface area (Å²) in [6.45, 7) is 0.301. The second-order valence-electron chi connectivity index (χ2n) is 3.44. The van der Waals surface area contributed by atoms with Crippen LogP contribution in [-0.2, 0) is 10.0 Å². The normalized spacial score (nSPS) is 11.2. The summed E-state index contributed by atoms with van der Waals surface area (Å²) in [5, 5.41) is 2.97. The Kier molecular flexibility index (Phi) is 4.59. The molecule has 6 nitrogen and oxygen atoms in total. The molecule has 1 aromatic rings. The quantitative estimate of drug-likeness (QED) is 0.636. The maximum atomic E-state index is 11.2. The van der Waals surface area contributed by atoms with Gasteiger partial charge < -0.3 is 15.8 Å². The fourth-order valence-electron chi connectivity index (χ4n) is 1.27. The fraction of sp³-hybridized carbons (Fsp3) is 0.400. The van der Waals surface area contributed by atoms with Gasteiger partial charge in [-0.3, -0.25) is 0 Å². The molecule has 0 unspecified atom stereocenters. The van der Waals surface area contributed by atoms with Crippen molar-refractivity contribution in [2.75, 3.05) is 37.5 Å². The van der Waals surface area contributed by atoms with Crippen molar-refractivity contribution in [3.63, 3.8) is 0 Å². The Labute approximate surface area is 101 Å². The van der Waals surface area contributed by atoms with Crippen LogP contribution in [0, 0.1) is 0 Å². The first-order valence-corrected chi connectivity index (χ1v) is 6.72. The van der Waals surface area contributed by atoms with Crippen molar-refractivity contribution in [1.82, 2.24) is 4.72 Å². The van der Waals surface area contributed by atoms with Crippen LogP contribution < -0.4 is 20.5 Å². The average Bonchev–Trinajstić information content (AvgIpc) is 2.28. The molecule has 0 saturated heterocycles. The minimum atomic E-state index is -3.19. The smallest absolute Gasteiger partial charge is 0.213 e. The third kappa shape index (κ3) is 4.49. The molecule has 0 bridgehead atoms. The van der Waals surface area contributed by atoms with Crippen molar-refractivity contribution >= 4 is 21.4 Å². The number of hydrogen-bond donors (Lipinski definition) is 3. The summed E-state index contributed by atoms with van der Waals surface area (Å²) >= 11 is 0. The fourth-order valence-corrected chi connectivity index (χ4v) is 1.85. The number of methoxy groups -OCH3 is 1. The van der Waals surface area contributed by atoms with Crippen LogP contribution in [0.5, 0.6) is 5.75 Å². The van der Waals surface area contributed by atoms with E-state index in [0.717, 1.165) is 5.69 Å². The van der Waals surface area contributed by atoms with Crippen LogP contribution in [-0.4, -0.2) is 34.9 Å². The molecule has 7 heteroatoms. The lowest BCUT2D eigenvalue weighted by Gasteiger charge is -2.09. The SMILES string of the molecule is CNS(=O)(=O)CCNc1cc(N)cc(OC)c1. The van der Waals surface area contributed by atoms with Gasteiger partial charge in [-0.1, -0.05) is 0 Å². The van der Waals surface area contributed by atoms with E-state index in [0.29, 0.717) is 18.0 Å². The Morgan fingerprint density at radius 1 is 1.35 bits per heavy atom. The molecule has 96 valence electrons. The van der Waals surface area contributed by atoms with Gasteiger partial charge >= 0.3 is 0 Å². The molecule has 0 aliphatic carbocycles. The summed E-state index contributed by atoms with van der Waals surface area (Å²) in [4.78, 5) is 0. The largest absolute Gasteiger partial charge is 0.497 e. The number of nitrogens with one attached hydrogen (secondary N) is 2. The van der Waals surface area contributed by atoms with Crippen molar-refractivity contribution in [3.8, 4) is 5.75 Å². The maximum Gasteiger partial charge on any atom is 0.213 e. The lowest BCUT2D eigenvalue weighted by Crippen LogP contribution is -2.26. The van der Waals surface area contributed by atoms with E-state index < -0.39 is 10.0 Å². The zero-order valence-corrected chi connectivity index (χ0v) is 10.7. The van der Waals surface area contributed by atoms with Gasteiger partial charge in [-0.15, -0.1) is 0 Å². The lowest BCUT2D eigenvalue weighted by molar-refractivity contribution is 0.415. The first kappa shape index (κ1) is 13.6. The number of nitrogens with two attached hydrogens (primary N) is 1. The molecule has 1 rings (SSSR count). The van der Waals surface area contributed by atoms with Crippen LogP contribution in [0.15, 0.2) is 18.2 Å². The van der Waals surface area contributed by atoms with Gasteiger partial charge in [0.05, 0.1) is 12.9 Å². The van der Waals surface area contributed by atoms with Crippen molar-refractivity contribution in [2.45, 2.75) is 0 Å². The van der Waals surface area contributed by atoms with Gasteiger partial charge in [0.1, 0.15) is 5.75 Å². The van der Waals surface area contributed by atoms with E-state index in [1.165, 1.54) is 7.05 Å². The first-order valence-electron chi connectivity index (χ1n) is 5.06. The highest BCUT2D eigenvalue weighted by atomic mass is 32.2. The second kappa shape index (κ2) is 5.74. The van der Waals surface area contributed by atoms with E-state index in [1.54, 1.807) is 25.3 Å². The van der Waals surface area contributed by atoms with Gasteiger partial charge in [-0.2, -0.15) is 0 Å². The minimum absolute atomic E-state index is 0.000610. The summed E-state index contributed by atoms with van der Waals surface area (Å²) in [6, 6.07) is 5.16. The maximum absolute atomic E-state index is 11.2. The average molecular weight is 259 g/mol. The predicted molar refractivity (Wildman–Crippen MR) is 68.7 cm³/mol. The van der Waals surface area contributed by atoms with E-state index in [1.807, 2.05) is 0 Å². The van der Waals surface area contributed by atoms with Gasteiger partial charge in [-0.25, -0.2) is 13.1 Å². The van der Waals surface area contributed by atoms with E-state index in [4.69, 9.17) is 10.5 Å². The van der Waals surface area contributed by atoms with Crippen LogP contribution in [0.3, 0.4) is 0 Å². The van der Waals surface area contributed by atoms with Gasteiger partial charge in [0.15, 0.2) is 0 Å². The summed E-state index contributed by atoms with van der Waals surface area (Å²) < 4.78 is 29.7. The zero-order chi connectivity index (χ0) is 12.9. The number of sulfonamides is 1. The number of hydrogen-bond acceptors (Lipinski definition) is 5. The molecule has 0 spiro atoms. The molecule has 0 heterocycles. The van der Waals surface area contributed by atoms with Crippen molar-refractivity contribution < 1.29 is 13.2 Å². The Hall–Kier alpha value is -1.47. The number of ether oxygens (including phenoxy) is 1. The predicted octanol–water partition coefficient (Wildman–Crippen LogP) is 0.239. The first-order chi connectivity index (χ1) is 7.96. The molecule has 0 amide bonds. The van der Waals surface area contributed by atoms with Crippen LogP contribution >= 0.6 is 0 Å². The number of rotatable bonds is 6. The molecule has 4 N–H and O–H groups in total. The number of anilines is 2. The van der Waals surface area contributed by atoms with E-state index in [2.05, 4.69) is 10.0 Å². The minimum Gasteiger partial charge on any atom is -0.497 e. The third-order valence-electron chi connectivity index (χ3n) is 2.18. The summed E-state index contributed by atoms with van der Waals surface area (Å²) in [6.07, 6.45) is 0. The van der Waals surface area contributed by atoms with Gasteiger partial charge in [0, 0.05) is 30.1 Å². The van der Waals surface area contributed by atoms with Crippen LogP contribution in [0.1, 0.15) is 0 Å². The van der Waals surface area contributed by atoms with Gasteiger partial charge in [0.25, 0.3) is 0 Å². The van der Waals surface area contributed by atoms with E-state index >= 15 is 0 Å². The molecule has 0 aromatic heterocycles. The molecule has 0 atom stereocenters. The second-order valence-corrected chi connectivity index (χ2v) is 5.49. The highest BCUT2D eigenvalue weighted by Crippen LogP contribution is 2.21. The topological polar surface area (TPSA) is 93.5 Å². The van der Waals surface area contributed by atoms with Gasteiger partial charge in [-0.05, 0) is 13.1 Å². The van der Waals surface area contributed by atoms with Crippen LogP contribution in [0.2, 0.25) is 0 Å². The standard InChI is InChI=1S/C10H17N3O3S/c1-12-17(14,15)4-3-13-9-5-8(11)6-10(7-9)16-2/h5-7,12-13H,3-4,11H2,1-2H3. The third-order valence-corrected chi connectivity index (χ3v) is 3.54. The Balaban J connectivity index is 2.61. The number of nitrogen functional groups attached to an aromatic ring is 1. The molecule has 0 saturated carbocycles. The lowest BCUT2D eigenvalue weighted by atomic mass is 10.2. The Bertz CT molecular complexity index is 474.